The number of hydrogen-bond acceptors (Lipinski definition) is 2. The van der Waals surface area contributed by atoms with E-state index in [9.17, 15) is 0 Å². The van der Waals surface area contributed by atoms with Gasteiger partial charge in [0.2, 0.25) is 0 Å². The Morgan fingerprint density at radius 3 is 2.05 bits per heavy atom. The molecule has 0 spiro atoms. The second-order valence-electron chi connectivity index (χ2n) is 4.85. The lowest BCUT2D eigenvalue weighted by Crippen LogP contribution is -1.98. The van der Waals surface area contributed by atoms with Gasteiger partial charge in [0.25, 0.3) is 0 Å². The zero-order chi connectivity index (χ0) is 14.5. The van der Waals surface area contributed by atoms with E-state index < -0.39 is 0 Å². The molecule has 0 atom stereocenters. The third-order valence-electron chi connectivity index (χ3n) is 3.52. The lowest BCUT2D eigenvalue weighted by molar-refractivity contribution is 0.410. The minimum atomic E-state index is 0.899. The minimum Gasteiger partial charge on any atom is -0.497 e. The van der Waals surface area contributed by atoms with Crippen molar-refractivity contribution in [1.82, 2.24) is 0 Å². The normalized spacial score (nSPS) is 10.4. The number of benzene rings is 2. The Labute approximate surface area is 121 Å². The Morgan fingerprint density at radius 2 is 1.55 bits per heavy atom. The van der Waals surface area contributed by atoms with Crippen molar-refractivity contribution in [2.75, 3.05) is 7.11 Å². The summed E-state index contributed by atoms with van der Waals surface area (Å²) in [7, 11) is 1.70. The van der Waals surface area contributed by atoms with Crippen LogP contribution in [0.5, 0.6) is 17.2 Å². The average molecular weight is 270 g/mol. The van der Waals surface area contributed by atoms with Crippen LogP contribution in [-0.2, 0) is 12.8 Å². The summed E-state index contributed by atoms with van der Waals surface area (Å²) in [4.78, 5) is 0. The minimum absolute atomic E-state index is 0.899. The third-order valence-corrected chi connectivity index (χ3v) is 3.52. The SMILES string of the molecule is CCc1cc(OC)cc(CC)c1Oc1ccccc1C. The molecule has 0 heterocycles. The van der Waals surface area contributed by atoms with Crippen molar-refractivity contribution in [1.29, 1.82) is 0 Å². The monoisotopic (exact) mass is 270 g/mol. The van der Waals surface area contributed by atoms with Gasteiger partial charge in [-0.2, -0.15) is 0 Å². The van der Waals surface area contributed by atoms with E-state index >= 15 is 0 Å². The molecule has 0 radical (unpaired) electrons. The molecule has 0 aliphatic heterocycles. The fourth-order valence-corrected chi connectivity index (χ4v) is 2.28. The molecule has 0 amide bonds. The molecule has 2 rings (SSSR count). The first-order valence-corrected chi connectivity index (χ1v) is 7.12. The molecule has 0 saturated heterocycles. The number of para-hydroxylation sites is 1. The van der Waals surface area contributed by atoms with Crippen LogP contribution < -0.4 is 9.47 Å². The maximum absolute atomic E-state index is 6.20. The highest BCUT2D eigenvalue weighted by atomic mass is 16.5. The maximum Gasteiger partial charge on any atom is 0.134 e. The van der Waals surface area contributed by atoms with Gasteiger partial charge in [0.15, 0.2) is 0 Å². The fraction of sp³-hybridized carbons (Fsp3) is 0.333. The molecule has 2 heteroatoms. The van der Waals surface area contributed by atoms with Crippen LogP contribution in [0.1, 0.15) is 30.5 Å². The van der Waals surface area contributed by atoms with Crippen LogP contribution in [0.2, 0.25) is 0 Å². The van der Waals surface area contributed by atoms with Gasteiger partial charge in [-0.3, -0.25) is 0 Å². The van der Waals surface area contributed by atoms with Crippen molar-refractivity contribution in [3.63, 3.8) is 0 Å². The summed E-state index contributed by atoms with van der Waals surface area (Å²) in [6.07, 6.45) is 1.84. The summed E-state index contributed by atoms with van der Waals surface area (Å²) in [5, 5.41) is 0. The summed E-state index contributed by atoms with van der Waals surface area (Å²) in [5.41, 5.74) is 3.52. The van der Waals surface area contributed by atoms with Gasteiger partial charge >= 0.3 is 0 Å². The van der Waals surface area contributed by atoms with E-state index in [1.807, 2.05) is 18.2 Å². The van der Waals surface area contributed by atoms with E-state index in [4.69, 9.17) is 9.47 Å². The molecule has 0 aliphatic carbocycles. The van der Waals surface area contributed by atoms with Gasteiger partial charge in [-0.25, -0.2) is 0 Å². The van der Waals surface area contributed by atoms with Gasteiger partial charge in [0.1, 0.15) is 17.2 Å². The number of rotatable bonds is 5. The van der Waals surface area contributed by atoms with Crippen molar-refractivity contribution >= 4 is 0 Å². The van der Waals surface area contributed by atoms with Crippen LogP contribution in [0.3, 0.4) is 0 Å². The molecular weight excluding hydrogens is 248 g/mol. The molecule has 0 aromatic heterocycles. The molecule has 2 aromatic rings. The highest BCUT2D eigenvalue weighted by molar-refractivity contribution is 5.50. The van der Waals surface area contributed by atoms with E-state index in [2.05, 4.69) is 39.0 Å². The van der Waals surface area contributed by atoms with Crippen molar-refractivity contribution in [3.8, 4) is 17.2 Å². The molecule has 0 aliphatic rings. The van der Waals surface area contributed by atoms with E-state index in [0.29, 0.717) is 0 Å². The Morgan fingerprint density at radius 1 is 0.950 bits per heavy atom. The number of hydrogen-bond donors (Lipinski definition) is 0. The smallest absolute Gasteiger partial charge is 0.134 e. The van der Waals surface area contributed by atoms with Gasteiger partial charge in [-0.1, -0.05) is 32.0 Å². The van der Waals surface area contributed by atoms with Crippen LogP contribution in [0.15, 0.2) is 36.4 Å². The molecular formula is C18H22O2. The highest BCUT2D eigenvalue weighted by Crippen LogP contribution is 2.35. The summed E-state index contributed by atoms with van der Waals surface area (Å²) < 4.78 is 11.6. The summed E-state index contributed by atoms with van der Waals surface area (Å²) >= 11 is 0. The molecule has 0 unspecified atom stereocenters. The molecule has 0 bridgehead atoms. The lowest BCUT2D eigenvalue weighted by atomic mass is 10.0. The Balaban J connectivity index is 2.47. The molecule has 106 valence electrons. The third kappa shape index (κ3) is 2.96. The fourth-order valence-electron chi connectivity index (χ4n) is 2.28. The van der Waals surface area contributed by atoms with E-state index in [1.54, 1.807) is 7.11 Å². The van der Waals surface area contributed by atoms with Crippen molar-refractivity contribution in [3.05, 3.63) is 53.1 Å². The van der Waals surface area contributed by atoms with E-state index in [-0.39, 0.29) is 0 Å². The number of methoxy groups -OCH3 is 1. The number of ether oxygens (including phenoxy) is 2. The zero-order valence-electron chi connectivity index (χ0n) is 12.7. The van der Waals surface area contributed by atoms with Crippen LogP contribution >= 0.6 is 0 Å². The van der Waals surface area contributed by atoms with Gasteiger partial charge in [0, 0.05) is 0 Å². The predicted octanol–water partition coefficient (Wildman–Crippen LogP) is 4.92. The maximum atomic E-state index is 6.20. The van der Waals surface area contributed by atoms with Crippen LogP contribution in [0.25, 0.3) is 0 Å². The second kappa shape index (κ2) is 6.47. The standard InChI is InChI=1S/C18H22O2/c1-5-14-11-16(19-4)12-15(6-2)18(14)20-17-10-8-7-9-13(17)3/h7-12H,5-6H2,1-4H3. The molecule has 0 saturated carbocycles. The van der Waals surface area contributed by atoms with Crippen molar-refractivity contribution in [2.24, 2.45) is 0 Å². The van der Waals surface area contributed by atoms with Gasteiger partial charge in [0.05, 0.1) is 7.11 Å². The van der Waals surface area contributed by atoms with Crippen LogP contribution in [-0.4, -0.2) is 7.11 Å². The predicted molar refractivity (Wildman–Crippen MR) is 83.0 cm³/mol. The van der Waals surface area contributed by atoms with Crippen LogP contribution in [0, 0.1) is 6.92 Å². The summed E-state index contributed by atoms with van der Waals surface area (Å²) in [6.45, 7) is 6.34. The quantitative estimate of drug-likeness (QED) is 0.767. The lowest BCUT2D eigenvalue weighted by Gasteiger charge is -2.17. The first-order chi connectivity index (χ1) is 9.69. The first-order valence-electron chi connectivity index (χ1n) is 7.12. The van der Waals surface area contributed by atoms with Gasteiger partial charge in [-0.15, -0.1) is 0 Å². The Kier molecular flexibility index (Phi) is 4.67. The molecule has 20 heavy (non-hydrogen) atoms. The van der Waals surface area contributed by atoms with Crippen molar-refractivity contribution < 1.29 is 9.47 Å². The average Bonchev–Trinajstić information content (AvgIpc) is 2.49. The van der Waals surface area contributed by atoms with Crippen molar-refractivity contribution in [2.45, 2.75) is 33.6 Å². The topological polar surface area (TPSA) is 18.5 Å². The van der Waals surface area contributed by atoms with Gasteiger partial charge < -0.3 is 9.47 Å². The Hall–Kier alpha value is -1.96. The molecule has 0 fully saturated rings. The highest BCUT2D eigenvalue weighted by Gasteiger charge is 2.12. The first kappa shape index (κ1) is 14.4. The summed E-state index contributed by atoms with van der Waals surface area (Å²) in [5.74, 6) is 2.79. The summed E-state index contributed by atoms with van der Waals surface area (Å²) in [6, 6.07) is 12.2. The van der Waals surface area contributed by atoms with Crippen LogP contribution in [0.4, 0.5) is 0 Å². The zero-order valence-corrected chi connectivity index (χ0v) is 12.7. The molecule has 0 N–H and O–H groups in total. The molecule has 2 aromatic carbocycles. The largest absolute Gasteiger partial charge is 0.497 e. The Bertz CT molecular complexity index is 563. The molecule has 2 nitrogen and oxygen atoms in total. The van der Waals surface area contributed by atoms with E-state index in [0.717, 1.165) is 35.7 Å². The van der Waals surface area contributed by atoms with Gasteiger partial charge in [-0.05, 0) is 54.7 Å². The number of aryl methyl sites for hydroxylation is 3. The van der Waals surface area contributed by atoms with E-state index in [1.165, 1.54) is 11.1 Å². The second-order valence-corrected chi connectivity index (χ2v) is 4.85.